The zero-order valence-electron chi connectivity index (χ0n) is 13.6. The van der Waals surface area contributed by atoms with E-state index in [4.69, 9.17) is 9.47 Å². The van der Waals surface area contributed by atoms with Gasteiger partial charge in [-0.15, -0.1) is 5.10 Å². The molecule has 1 heterocycles. The number of tetrazole rings is 1. The first-order chi connectivity index (χ1) is 11.8. The van der Waals surface area contributed by atoms with Gasteiger partial charge in [0.2, 0.25) is 0 Å². The van der Waals surface area contributed by atoms with Crippen molar-refractivity contribution in [3.8, 4) is 11.5 Å². The number of carbonyl (C=O) groups is 1. The minimum absolute atomic E-state index is 0.0713. The van der Waals surface area contributed by atoms with Gasteiger partial charge in [0.15, 0.2) is 12.4 Å². The molecule has 0 radical (unpaired) electrons. The van der Waals surface area contributed by atoms with Crippen LogP contribution in [0, 0.1) is 0 Å². The third-order valence-electron chi connectivity index (χ3n) is 4.09. The van der Waals surface area contributed by atoms with E-state index in [0.717, 1.165) is 12.8 Å². The normalized spacial score (nSPS) is 14.5. The van der Waals surface area contributed by atoms with Gasteiger partial charge in [-0.05, 0) is 35.4 Å². The van der Waals surface area contributed by atoms with Crippen molar-refractivity contribution in [1.82, 2.24) is 25.5 Å². The number of ether oxygens (including phenoxy) is 2. The van der Waals surface area contributed by atoms with Crippen LogP contribution < -0.4 is 14.8 Å². The average Bonchev–Trinajstić information content (AvgIpc) is 3.29. The van der Waals surface area contributed by atoms with Gasteiger partial charge in [-0.3, -0.25) is 4.79 Å². The van der Waals surface area contributed by atoms with E-state index in [1.165, 1.54) is 12.8 Å². The lowest BCUT2D eigenvalue weighted by Crippen LogP contribution is -2.30. The number of nitrogens with one attached hydrogen (secondary N) is 1. The van der Waals surface area contributed by atoms with Crippen molar-refractivity contribution in [2.24, 2.45) is 0 Å². The molecule has 0 saturated heterocycles. The van der Waals surface area contributed by atoms with E-state index in [-0.39, 0.29) is 12.5 Å². The summed E-state index contributed by atoms with van der Waals surface area (Å²) in [5, 5.41) is 14.6. The van der Waals surface area contributed by atoms with E-state index in [9.17, 15) is 4.79 Å². The second kappa shape index (κ2) is 7.76. The Kier molecular flexibility index (Phi) is 5.25. The highest BCUT2D eigenvalue weighted by Crippen LogP contribution is 2.29. The lowest BCUT2D eigenvalue weighted by atomic mass is 10.2. The zero-order valence-corrected chi connectivity index (χ0v) is 13.6. The third-order valence-corrected chi connectivity index (χ3v) is 4.09. The average molecular weight is 331 g/mol. The van der Waals surface area contributed by atoms with Crippen molar-refractivity contribution in [2.45, 2.75) is 38.3 Å². The third kappa shape index (κ3) is 4.01. The lowest BCUT2D eigenvalue weighted by Gasteiger charge is -2.12. The SMILES string of the molecule is COc1cccc(OCC(=O)NCc2nnnn2C2CCCC2)c1. The van der Waals surface area contributed by atoms with Crippen LogP contribution in [0.2, 0.25) is 0 Å². The molecule has 1 N–H and O–H groups in total. The molecule has 1 aromatic heterocycles. The molecule has 0 bridgehead atoms. The number of rotatable bonds is 7. The number of amides is 1. The standard InChI is InChI=1S/C16H21N5O3/c1-23-13-7-4-8-14(9-13)24-11-16(22)17-10-15-18-19-20-21(15)12-5-2-3-6-12/h4,7-9,12H,2-3,5-6,10-11H2,1H3,(H,17,22). The molecular weight excluding hydrogens is 310 g/mol. The van der Waals surface area contributed by atoms with Crippen LogP contribution in [0.25, 0.3) is 0 Å². The van der Waals surface area contributed by atoms with Gasteiger partial charge in [-0.1, -0.05) is 18.9 Å². The Bertz CT molecular complexity index is 682. The predicted octanol–water partition coefficient (Wildman–Crippen LogP) is 1.49. The van der Waals surface area contributed by atoms with Crippen molar-refractivity contribution >= 4 is 5.91 Å². The van der Waals surface area contributed by atoms with Crippen molar-refractivity contribution < 1.29 is 14.3 Å². The maximum absolute atomic E-state index is 12.0. The van der Waals surface area contributed by atoms with Crippen LogP contribution in [0.4, 0.5) is 0 Å². The van der Waals surface area contributed by atoms with Gasteiger partial charge in [0.1, 0.15) is 11.5 Å². The number of carbonyl (C=O) groups excluding carboxylic acids is 1. The van der Waals surface area contributed by atoms with Crippen LogP contribution in [-0.4, -0.2) is 39.8 Å². The second-order valence-electron chi connectivity index (χ2n) is 5.72. The van der Waals surface area contributed by atoms with Crippen molar-refractivity contribution in [2.75, 3.05) is 13.7 Å². The highest BCUT2D eigenvalue weighted by atomic mass is 16.5. The summed E-state index contributed by atoms with van der Waals surface area (Å²) in [4.78, 5) is 12.0. The fourth-order valence-electron chi connectivity index (χ4n) is 2.83. The summed E-state index contributed by atoms with van der Waals surface area (Å²) in [6.45, 7) is 0.224. The minimum Gasteiger partial charge on any atom is -0.497 e. The van der Waals surface area contributed by atoms with Gasteiger partial charge in [-0.25, -0.2) is 4.68 Å². The maximum Gasteiger partial charge on any atom is 0.258 e. The lowest BCUT2D eigenvalue weighted by molar-refractivity contribution is -0.123. The first kappa shape index (κ1) is 16.2. The molecule has 1 aliphatic carbocycles. The molecule has 8 nitrogen and oxygen atoms in total. The van der Waals surface area contributed by atoms with Crippen LogP contribution in [0.15, 0.2) is 24.3 Å². The van der Waals surface area contributed by atoms with Gasteiger partial charge < -0.3 is 14.8 Å². The predicted molar refractivity (Wildman–Crippen MR) is 85.7 cm³/mol. The smallest absolute Gasteiger partial charge is 0.258 e. The van der Waals surface area contributed by atoms with Crippen molar-refractivity contribution in [1.29, 1.82) is 0 Å². The molecule has 128 valence electrons. The Morgan fingerprint density at radius 3 is 2.92 bits per heavy atom. The maximum atomic E-state index is 12.0. The van der Waals surface area contributed by atoms with Crippen LogP contribution in [-0.2, 0) is 11.3 Å². The number of methoxy groups -OCH3 is 1. The fourth-order valence-corrected chi connectivity index (χ4v) is 2.83. The van der Waals surface area contributed by atoms with Crippen LogP contribution in [0.1, 0.15) is 37.5 Å². The van der Waals surface area contributed by atoms with Gasteiger partial charge in [0, 0.05) is 6.07 Å². The summed E-state index contributed by atoms with van der Waals surface area (Å²) in [5.74, 6) is 1.72. The van der Waals surface area contributed by atoms with Gasteiger partial charge >= 0.3 is 0 Å². The van der Waals surface area contributed by atoms with Crippen LogP contribution in [0.5, 0.6) is 11.5 Å². The number of aromatic nitrogens is 4. The Hall–Kier alpha value is -2.64. The van der Waals surface area contributed by atoms with E-state index in [2.05, 4.69) is 20.8 Å². The Morgan fingerprint density at radius 1 is 1.33 bits per heavy atom. The van der Waals surface area contributed by atoms with E-state index < -0.39 is 0 Å². The minimum atomic E-state index is -0.223. The molecule has 0 atom stereocenters. The molecule has 1 amide bonds. The molecule has 1 aromatic carbocycles. The Labute approximate surface area is 140 Å². The highest BCUT2D eigenvalue weighted by molar-refractivity contribution is 5.77. The number of hydrogen-bond acceptors (Lipinski definition) is 6. The number of nitrogens with zero attached hydrogens (tertiary/aromatic N) is 4. The molecule has 0 aliphatic heterocycles. The second-order valence-corrected chi connectivity index (χ2v) is 5.72. The van der Waals surface area contributed by atoms with E-state index in [1.54, 1.807) is 19.2 Å². The quantitative estimate of drug-likeness (QED) is 0.826. The summed E-state index contributed by atoms with van der Waals surface area (Å²) >= 11 is 0. The summed E-state index contributed by atoms with van der Waals surface area (Å²) in [6.07, 6.45) is 4.57. The molecule has 1 saturated carbocycles. The zero-order chi connectivity index (χ0) is 16.8. The molecule has 0 unspecified atom stereocenters. The largest absolute Gasteiger partial charge is 0.497 e. The van der Waals surface area contributed by atoms with Gasteiger partial charge in [0.05, 0.1) is 19.7 Å². The van der Waals surface area contributed by atoms with Gasteiger partial charge in [0.25, 0.3) is 5.91 Å². The Balaban J connectivity index is 1.48. The summed E-state index contributed by atoms with van der Waals surface area (Å²) in [6, 6.07) is 7.47. The Morgan fingerprint density at radius 2 is 2.12 bits per heavy atom. The molecule has 24 heavy (non-hydrogen) atoms. The first-order valence-corrected chi connectivity index (χ1v) is 8.06. The van der Waals surface area contributed by atoms with E-state index >= 15 is 0 Å². The molecule has 1 fully saturated rings. The molecular formula is C16H21N5O3. The van der Waals surface area contributed by atoms with Crippen molar-refractivity contribution in [3.63, 3.8) is 0 Å². The highest BCUT2D eigenvalue weighted by Gasteiger charge is 2.21. The topological polar surface area (TPSA) is 91.2 Å². The van der Waals surface area contributed by atoms with Crippen LogP contribution >= 0.6 is 0 Å². The molecule has 3 rings (SSSR count). The fraction of sp³-hybridized carbons (Fsp3) is 0.500. The number of benzene rings is 1. The molecule has 1 aliphatic rings. The summed E-state index contributed by atoms with van der Waals surface area (Å²) in [7, 11) is 1.58. The summed E-state index contributed by atoms with van der Waals surface area (Å²) in [5.41, 5.74) is 0. The molecule has 0 spiro atoms. The van der Waals surface area contributed by atoms with Crippen molar-refractivity contribution in [3.05, 3.63) is 30.1 Å². The van der Waals surface area contributed by atoms with Gasteiger partial charge in [-0.2, -0.15) is 0 Å². The monoisotopic (exact) mass is 331 g/mol. The molecule has 8 heteroatoms. The number of hydrogen-bond donors (Lipinski definition) is 1. The van der Waals surface area contributed by atoms with Crippen LogP contribution in [0.3, 0.4) is 0 Å². The van der Waals surface area contributed by atoms with E-state index in [1.807, 2.05) is 16.8 Å². The summed E-state index contributed by atoms with van der Waals surface area (Å²) < 4.78 is 12.4. The van der Waals surface area contributed by atoms with E-state index in [0.29, 0.717) is 29.9 Å². The first-order valence-electron chi connectivity index (χ1n) is 8.06. The molecule has 2 aromatic rings.